The number of hydrogen-bond acceptors (Lipinski definition) is 11. The van der Waals surface area contributed by atoms with Crippen LogP contribution in [0.4, 0.5) is 10.8 Å². The van der Waals surface area contributed by atoms with Crippen LogP contribution >= 0.6 is 11.3 Å². The Morgan fingerprint density at radius 1 is 1.00 bits per heavy atom. The summed E-state index contributed by atoms with van der Waals surface area (Å²) >= 11 is 1.22. The topological polar surface area (TPSA) is 154 Å². The van der Waals surface area contributed by atoms with Crippen molar-refractivity contribution in [1.29, 1.82) is 0 Å². The molecule has 13 heteroatoms. The van der Waals surface area contributed by atoms with Crippen molar-refractivity contribution in [3.05, 3.63) is 56.2 Å². The molecule has 1 aromatic heterocycles. The van der Waals surface area contributed by atoms with Gasteiger partial charge in [-0.2, -0.15) is 0 Å². The summed E-state index contributed by atoms with van der Waals surface area (Å²) in [7, 11) is 5.90. The van der Waals surface area contributed by atoms with Gasteiger partial charge >= 0.3 is 5.97 Å². The molecule has 1 aliphatic rings. The number of aryl methyl sites for hydroxylation is 1. The highest BCUT2D eigenvalue weighted by Gasteiger charge is 2.31. The van der Waals surface area contributed by atoms with E-state index in [9.17, 15) is 19.2 Å². The van der Waals surface area contributed by atoms with Gasteiger partial charge in [-0.25, -0.2) is 9.78 Å². The summed E-state index contributed by atoms with van der Waals surface area (Å²) in [5, 5.41) is 9.26. The van der Waals surface area contributed by atoms with Crippen molar-refractivity contribution in [3.8, 4) is 28.4 Å². The van der Waals surface area contributed by atoms with Crippen molar-refractivity contribution in [2.24, 2.45) is 11.8 Å². The number of methoxy groups -OCH3 is 4. The third-order valence-corrected chi connectivity index (χ3v) is 9.07. The maximum Gasteiger partial charge on any atom is 0.357 e. The summed E-state index contributed by atoms with van der Waals surface area (Å²) in [6.07, 6.45) is 1.68. The number of fused-ring (bicyclic) bond motifs is 3. The maximum absolute atomic E-state index is 13.9. The molecule has 12 nitrogen and oxygen atoms in total. The number of hydrogen-bond donors (Lipinski definition) is 3. The molecule has 0 bridgehead atoms. The predicted octanol–water partition coefficient (Wildman–Crippen LogP) is 5.38. The minimum Gasteiger partial charge on any atom is -0.493 e. The Balaban J connectivity index is 1.79. The molecule has 1 aliphatic carbocycles. The molecule has 1 heterocycles. The molecule has 258 valence electrons. The molecular weight excluding hydrogens is 636 g/mol. The molecule has 4 rings (SSSR count). The number of thiazole rings is 1. The number of nitrogens with zero attached hydrogens (tertiary/aromatic N) is 1. The first kappa shape index (κ1) is 36.2. The SMILES string of the molecule is COC(=O)c1nc(NC(=O)C(Nc2ccc3c(cc2=O)C(NC(C)=O)CCc2cc(OC)c(OC)c(OC)c2-3)C(C)C)sc1CC(C)C. The second kappa shape index (κ2) is 15.5. The van der Waals surface area contributed by atoms with Crippen LogP contribution in [0.2, 0.25) is 0 Å². The summed E-state index contributed by atoms with van der Waals surface area (Å²) in [5.74, 6) is 0.137. The van der Waals surface area contributed by atoms with Gasteiger partial charge < -0.3 is 34.9 Å². The van der Waals surface area contributed by atoms with Gasteiger partial charge in [0.15, 0.2) is 22.3 Å². The second-order valence-electron chi connectivity index (χ2n) is 12.3. The van der Waals surface area contributed by atoms with E-state index in [2.05, 4.69) is 20.9 Å². The number of esters is 1. The van der Waals surface area contributed by atoms with E-state index in [0.29, 0.717) is 47.6 Å². The molecule has 48 heavy (non-hydrogen) atoms. The fourth-order valence-corrected chi connectivity index (χ4v) is 7.05. The molecule has 0 aliphatic heterocycles. The highest BCUT2D eigenvalue weighted by molar-refractivity contribution is 7.16. The maximum atomic E-state index is 13.9. The lowest BCUT2D eigenvalue weighted by Crippen LogP contribution is -2.39. The number of ether oxygens (including phenoxy) is 4. The fraction of sp³-hybridized carbons (Fsp3) is 0.457. The molecule has 3 aromatic rings. The highest BCUT2D eigenvalue weighted by Crippen LogP contribution is 2.50. The molecule has 0 saturated heterocycles. The van der Waals surface area contributed by atoms with Gasteiger partial charge in [-0.1, -0.05) is 33.8 Å². The Labute approximate surface area is 284 Å². The molecule has 2 unspecified atom stereocenters. The minimum atomic E-state index is -0.837. The molecule has 2 amide bonds. The van der Waals surface area contributed by atoms with Crippen molar-refractivity contribution in [2.45, 2.75) is 66.0 Å². The van der Waals surface area contributed by atoms with Crippen LogP contribution < -0.4 is 35.6 Å². The Kier molecular flexibility index (Phi) is 11.7. The predicted molar refractivity (Wildman–Crippen MR) is 186 cm³/mol. The molecule has 0 spiro atoms. The van der Waals surface area contributed by atoms with Crippen molar-refractivity contribution in [1.82, 2.24) is 10.3 Å². The second-order valence-corrected chi connectivity index (χ2v) is 13.4. The lowest BCUT2D eigenvalue weighted by Gasteiger charge is -2.21. The summed E-state index contributed by atoms with van der Waals surface area (Å²) in [6, 6.07) is 5.51. The van der Waals surface area contributed by atoms with E-state index in [1.165, 1.54) is 45.7 Å². The van der Waals surface area contributed by atoms with Crippen LogP contribution in [0, 0.1) is 11.8 Å². The first-order chi connectivity index (χ1) is 22.8. The molecular formula is C35H44N4O8S. The summed E-state index contributed by atoms with van der Waals surface area (Å²) in [6.45, 7) is 9.21. The number of rotatable bonds is 12. The van der Waals surface area contributed by atoms with E-state index in [1.807, 2.05) is 33.8 Å². The number of aromatic nitrogens is 1. The van der Waals surface area contributed by atoms with Gasteiger partial charge in [0.1, 0.15) is 6.04 Å². The normalized spacial score (nSPS) is 14.3. The quantitative estimate of drug-likeness (QED) is 0.213. The summed E-state index contributed by atoms with van der Waals surface area (Å²) in [5.41, 5.74) is 2.90. The van der Waals surface area contributed by atoms with Crippen LogP contribution in [0.5, 0.6) is 17.2 Å². The Morgan fingerprint density at radius 2 is 1.71 bits per heavy atom. The molecule has 0 saturated carbocycles. The number of benzene rings is 1. The van der Waals surface area contributed by atoms with Gasteiger partial charge in [-0.05, 0) is 66.0 Å². The smallest absolute Gasteiger partial charge is 0.357 e. The zero-order valence-corrected chi connectivity index (χ0v) is 29.7. The number of carbonyl (C=O) groups excluding carboxylic acids is 3. The number of carbonyl (C=O) groups is 3. The van der Waals surface area contributed by atoms with Gasteiger partial charge in [-0.15, -0.1) is 11.3 Å². The Hall–Kier alpha value is -4.65. The van der Waals surface area contributed by atoms with E-state index >= 15 is 0 Å². The molecule has 3 N–H and O–H groups in total. The summed E-state index contributed by atoms with van der Waals surface area (Å²) < 4.78 is 22.0. The molecule has 2 atom stereocenters. The van der Waals surface area contributed by atoms with Crippen molar-refractivity contribution in [3.63, 3.8) is 0 Å². The van der Waals surface area contributed by atoms with Crippen LogP contribution in [0.25, 0.3) is 11.1 Å². The fourth-order valence-electron chi connectivity index (χ4n) is 5.88. The van der Waals surface area contributed by atoms with Gasteiger partial charge in [0.25, 0.3) is 0 Å². The Morgan fingerprint density at radius 3 is 2.29 bits per heavy atom. The van der Waals surface area contributed by atoms with E-state index < -0.39 is 24.0 Å². The number of nitrogens with one attached hydrogen (secondary N) is 3. The van der Waals surface area contributed by atoms with Gasteiger partial charge in [0, 0.05) is 17.4 Å². The van der Waals surface area contributed by atoms with Crippen molar-refractivity contribution >= 4 is 39.9 Å². The standard InChI is InChI=1S/C35H44N4O8S/c1-17(2)14-27-30(34(43)47-9)38-35(48-27)39-33(42)29(18(3)4)37-24-13-11-21-22(16-25(24)41)23(36-19(5)40)12-10-20-15-26(44-6)31(45-7)32(46-8)28(20)21/h11,13,15-18,23,29H,10,12,14H2,1-9H3,(H,36,40)(H,37,41)(H,38,39,42). The van der Waals surface area contributed by atoms with Crippen molar-refractivity contribution < 1.29 is 33.3 Å². The molecule has 0 radical (unpaired) electrons. The zero-order valence-electron chi connectivity index (χ0n) is 28.9. The van der Waals surface area contributed by atoms with Gasteiger partial charge in [-0.3, -0.25) is 14.4 Å². The van der Waals surface area contributed by atoms with E-state index in [4.69, 9.17) is 18.9 Å². The van der Waals surface area contributed by atoms with Crippen LogP contribution in [0.1, 0.15) is 73.6 Å². The molecule has 2 aromatic carbocycles. The van der Waals surface area contributed by atoms with Gasteiger partial charge in [0.05, 0.1) is 40.2 Å². The number of anilines is 2. The third kappa shape index (κ3) is 7.73. The van der Waals surface area contributed by atoms with Gasteiger partial charge in [0.2, 0.25) is 23.0 Å². The van der Waals surface area contributed by atoms with Crippen molar-refractivity contribution in [2.75, 3.05) is 39.1 Å². The van der Waals surface area contributed by atoms with Crippen LogP contribution in [-0.4, -0.2) is 57.2 Å². The zero-order chi connectivity index (χ0) is 35.3. The monoisotopic (exact) mass is 680 g/mol. The first-order valence-corrected chi connectivity index (χ1v) is 16.6. The average molecular weight is 681 g/mol. The van der Waals surface area contributed by atoms with Crippen LogP contribution in [0.3, 0.4) is 0 Å². The lowest BCUT2D eigenvalue weighted by molar-refractivity contribution is -0.120. The Bertz CT molecular complexity index is 1750. The average Bonchev–Trinajstić information content (AvgIpc) is 3.27. The largest absolute Gasteiger partial charge is 0.493 e. The summed E-state index contributed by atoms with van der Waals surface area (Å²) in [4.78, 5) is 57.3. The molecule has 0 fully saturated rings. The van der Waals surface area contributed by atoms with Crippen LogP contribution in [0.15, 0.2) is 29.1 Å². The first-order valence-electron chi connectivity index (χ1n) is 15.8. The highest BCUT2D eigenvalue weighted by atomic mass is 32.1. The lowest BCUT2D eigenvalue weighted by atomic mass is 9.95. The van der Waals surface area contributed by atoms with E-state index in [1.54, 1.807) is 19.2 Å². The van der Waals surface area contributed by atoms with Crippen LogP contribution in [-0.2, 0) is 27.2 Å². The van der Waals surface area contributed by atoms with E-state index in [-0.39, 0.29) is 39.7 Å². The minimum absolute atomic E-state index is 0.178. The third-order valence-electron chi connectivity index (χ3n) is 8.08. The van der Waals surface area contributed by atoms with E-state index in [0.717, 1.165) is 16.0 Å². The number of amides is 2.